The zero-order valence-corrected chi connectivity index (χ0v) is 20.2. The molecule has 1 aliphatic heterocycles. The summed E-state index contributed by atoms with van der Waals surface area (Å²) >= 11 is 6.24. The van der Waals surface area contributed by atoms with Crippen LogP contribution in [0, 0.1) is 0 Å². The lowest BCUT2D eigenvalue weighted by Gasteiger charge is -2.26. The highest BCUT2D eigenvalue weighted by Crippen LogP contribution is 2.25. The fourth-order valence-corrected chi connectivity index (χ4v) is 5.17. The number of anilines is 1. The van der Waals surface area contributed by atoms with Crippen LogP contribution in [-0.2, 0) is 21.3 Å². The quantitative estimate of drug-likeness (QED) is 0.500. The topological polar surface area (TPSA) is 118 Å². The lowest BCUT2D eigenvalue weighted by atomic mass is 10.1. The second kappa shape index (κ2) is 11.0. The molecule has 1 saturated heterocycles. The molecule has 3 aromatic rings. The zero-order valence-electron chi connectivity index (χ0n) is 18.6. The third-order valence-electron chi connectivity index (χ3n) is 5.39. The summed E-state index contributed by atoms with van der Waals surface area (Å²) in [7, 11) is -3.82. The monoisotopic (exact) mass is 514 g/mol. The second-order valence-electron chi connectivity index (χ2n) is 7.70. The van der Waals surface area contributed by atoms with Gasteiger partial charge in [0.2, 0.25) is 10.0 Å². The van der Waals surface area contributed by atoms with Crippen molar-refractivity contribution in [3.8, 4) is 0 Å². The standard InChI is InChI=1S/C24H23ClN4O5S/c25-21-8-7-18(35(32,33)29-10-12-34-13-11-29)14-20(21)24(31)28-22-6-2-1-5-19(22)23(30)27-16-17-4-3-9-26-15-17/h1-9,14-15H,10-13,16H2,(H,27,30)(H,28,31). The third-order valence-corrected chi connectivity index (χ3v) is 7.61. The molecule has 2 heterocycles. The molecule has 0 radical (unpaired) electrons. The molecule has 0 spiro atoms. The number of hydrogen-bond donors (Lipinski definition) is 2. The number of amides is 2. The largest absolute Gasteiger partial charge is 0.379 e. The van der Waals surface area contributed by atoms with E-state index in [4.69, 9.17) is 16.3 Å². The Morgan fingerprint density at radius 1 is 1.00 bits per heavy atom. The molecule has 1 aliphatic rings. The second-order valence-corrected chi connectivity index (χ2v) is 10.0. The van der Waals surface area contributed by atoms with Crippen molar-refractivity contribution < 1.29 is 22.7 Å². The fourth-order valence-electron chi connectivity index (χ4n) is 3.53. The number of carbonyl (C=O) groups excluding carboxylic acids is 2. The van der Waals surface area contributed by atoms with E-state index in [0.717, 1.165) is 5.56 Å². The minimum absolute atomic E-state index is 0.0217. The van der Waals surface area contributed by atoms with Crippen LogP contribution in [0.3, 0.4) is 0 Å². The molecule has 2 amide bonds. The number of morpholine rings is 1. The Hall–Kier alpha value is -3.31. The summed E-state index contributed by atoms with van der Waals surface area (Å²) in [6.07, 6.45) is 3.29. The molecule has 2 aromatic carbocycles. The lowest BCUT2D eigenvalue weighted by Crippen LogP contribution is -2.40. The van der Waals surface area contributed by atoms with Gasteiger partial charge in [0.05, 0.1) is 39.9 Å². The number of rotatable bonds is 7. The van der Waals surface area contributed by atoms with Gasteiger partial charge in [-0.15, -0.1) is 0 Å². The van der Waals surface area contributed by atoms with Crippen LogP contribution in [0.2, 0.25) is 5.02 Å². The Kier molecular flexibility index (Phi) is 7.76. The smallest absolute Gasteiger partial charge is 0.257 e. The van der Waals surface area contributed by atoms with Crippen molar-refractivity contribution in [1.29, 1.82) is 0 Å². The number of aromatic nitrogens is 1. The van der Waals surface area contributed by atoms with Crippen LogP contribution in [0.1, 0.15) is 26.3 Å². The number of sulfonamides is 1. The summed E-state index contributed by atoms with van der Waals surface area (Å²) in [5.41, 5.74) is 1.32. The highest BCUT2D eigenvalue weighted by atomic mass is 35.5. The molecule has 0 aliphatic carbocycles. The third kappa shape index (κ3) is 5.85. The van der Waals surface area contributed by atoms with E-state index in [9.17, 15) is 18.0 Å². The Morgan fingerprint density at radius 3 is 2.51 bits per heavy atom. The van der Waals surface area contributed by atoms with Crippen LogP contribution >= 0.6 is 11.6 Å². The van der Waals surface area contributed by atoms with E-state index >= 15 is 0 Å². The molecule has 9 nitrogen and oxygen atoms in total. The predicted octanol–water partition coefficient (Wildman–Crippen LogP) is 2.94. The summed E-state index contributed by atoms with van der Waals surface area (Å²) in [5, 5.41) is 5.56. The van der Waals surface area contributed by atoms with E-state index in [1.165, 1.54) is 22.5 Å². The van der Waals surface area contributed by atoms with Crippen molar-refractivity contribution in [2.45, 2.75) is 11.4 Å². The maximum atomic E-state index is 13.1. The molecule has 0 saturated carbocycles. The van der Waals surface area contributed by atoms with Gasteiger partial charge in [0.25, 0.3) is 11.8 Å². The van der Waals surface area contributed by atoms with E-state index in [-0.39, 0.29) is 52.3 Å². The minimum Gasteiger partial charge on any atom is -0.379 e. The maximum absolute atomic E-state index is 13.1. The van der Waals surface area contributed by atoms with Crippen molar-refractivity contribution in [3.05, 3.63) is 88.7 Å². The molecule has 0 unspecified atom stereocenters. The fraction of sp³-hybridized carbons (Fsp3) is 0.208. The first-order valence-corrected chi connectivity index (χ1v) is 12.6. The summed E-state index contributed by atoms with van der Waals surface area (Å²) in [6, 6.07) is 14.1. The molecule has 0 atom stereocenters. The van der Waals surface area contributed by atoms with E-state index in [1.54, 1.807) is 42.7 Å². The first kappa shape index (κ1) is 24.8. The zero-order chi connectivity index (χ0) is 24.8. The van der Waals surface area contributed by atoms with Gasteiger partial charge < -0.3 is 15.4 Å². The predicted molar refractivity (Wildman–Crippen MR) is 131 cm³/mol. The molecular formula is C24H23ClN4O5S. The number of benzene rings is 2. The highest BCUT2D eigenvalue weighted by molar-refractivity contribution is 7.89. The van der Waals surface area contributed by atoms with Gasteiger partial charge >= 0.3 is 0 Å². The molecule has 4 rings (SSSR count). The first-order chi connectivity index (χ1) is 16.9. The van der Waals surface area contributed by atoms with Crippen LogP contribution in [0.15, 0.2) is 71.9 Å². The number of nitrogens with zero attached hydrogens (tertiary/aromatic N) is 2. The summed E-state index contributed by atoms with van der Waals surface area (Å²) < 4.78 is 32.5. The number of para-hydroxylation sites is 1. The lowest BCUT2D eigenvalue weighted by molar-refractivity contribution is 0.0730. The normalized spacial score (nSPS) is 14.3. The van der Waals surface area contributed by atoms with Gasteiger partial charge in [0.1, 0.15) is 0 Å². The molecule has 11 heteroatoms. The number of hydrogen-bond acceptors (Lipinski definition) is 6. The summed E-state index contributed by atoms with van der Waals surface area (Å²) in [5.74, 6) is -1.03. The van der Waals surface area contributed by atoms with Gasteiger partial charge in [-0.2, -0.15) is 4.31 Å². The summed E-state index contributed by atoms with van der Waals surface area (Å²) in [4.78, 5) is 29.8. The number of halogens is 1. The number of pyridine rings is 1. The molecule has 0 bridgehead atoms. The molecule has 1 aromatic heterocycles. The molecular weight excluding hydrogens is 492 g/mol. The van der Waals surface area contributed by atoms with Crippen molar-refractivity contribution in [3.63, 3.8) is 0 Å². The van der Waals surface area contributed by atoms with Crippen molar-refractivity contribution >= 4 is 39.1 Å². The van der Waals surface area contributed by atoms with E-state index in [1.807, 2.05) is 6.07 Å². The Bertz CT molecular complexity index is 1330. The van der Waals surface area contributed by atoms with Gasteiger partial charge in [-0.3, -0.25) is 14.6 Å². The van der Waals surface area contributed by atoms with Gasteiger partial charge in [-0.1, -0.05) is 29.8 Å². The van der Waals surface area contributed by atoms with Gasteiger partial charge in [-0.05, 0) is 42.0 Å². The van der Waals surface area contributed by atoms with Crippen molar-refractivity contribution in [2.75, 3.05) is 31.6 Å². The van der Waals surface area contributed by atoms with Crippen LogP contribution in [0.5, 0.6) is 0 Å². The molecule has 182 valence electrons. The van der Waals surface area contributed by atoms with Crippen LogP contribution in [0.4, 0.5) is 5.69 Å². The SMILES string of the molecule is O=C(Nc1ccccc1C(=O)NCc1cccnc1)c1cc(S(=O)(=O)N2CCOCC2)ccc1Cl. The van der Waals surface area contributed by atoms with Crippen molar-refractivity contribution in [1.82, 2.24) is 14.6 Å². The molecule has 1 fully saturated rings. The van der Waals surface area contributed by atoms with Crippen LogP contribution in [0.25, 0.3) is 0 Å². The van der Waals surface area contributed by atoms with Crippen LogP contribution < -0.4 is 10.6 Å². The molecule has 2 N–H and O–H groups in total. The van der Waals surface area contributed by atoms with Gasteiger partial charge in [0, 0.05) is 32.0 Å². The number of ether oxygens (including phenoxy) is 1. The van der Waals surface area contributed by atoms with Crippen molar-refractivity contribution in [2.24, 2.45) is 0 Å². The summed E-state index contributed by atoms with van der Waals surface area (Å²) in [6.45, 7) is 1.34. The first-order valence-electron chi connectivity index (χ1n) is 10.8. The van der Waals surface area contributed by atoms with E-state index < -0.39 is 15.9 Å². The Morgan fingerprint density at radius 2 is 1.77 bits per heavy atom. The highest BCUT2D eigenvalue weighted by Gasteiger charge is 2.28. The average molecular weight is 515 g/mol. The van der Waals surface area contributed by atoms with Gasteiger partial charge in [-0.25, -0.2) is 8.42 Å². The average Bonchev–Trinajstić information content (AvgIpc) is 2.89. The number of nitrogens with one attached hydrogen (secondary N) is 2. The van der Waals surface area contributed by atoms with E-state index in [2.05, 4.69) is 15.6 Å². The Labute approximate surface area is 208 Å². The molecule has 35 heavy (non-hydrogen) atoms. The minimum atomic E-state index is -3.82. The van der Waals surface area contributed by atoms with E-state index in [0.29, 0.717) is 13.2 Å². The maximum Gasteiger partial charge on any atom is 0.257 e. The van der Waals surface area contributed by atoms with Gasteiger partial charge in [0.15, 0.2) is 0 Å². The Balaban J connectivity index is 1.53. The van der Waals surface area contributed by atoms with Crippen LogP contribution in [-0.4, -0.2) is 55.8 Å². The number of carbonyl (C=O) groups is 2.